The van der Waals surface area contributed by atoms with Crippen LogP contribution in [0, 0.1) is 0 Å². The zero-order valence-corrected chi connectivity index (χ0v) is 11.8. The first-order valence-corrected chi connectivity index (χ1v) is 7.03. The van der Waals surface area contributed by atoms with Gasteiger partial charge < -0.3 is 20.1 Å². The van der Waals surface area contributed by atoms with Crippen LogP contribution in [0.2, 0.25) is 0 Å². The minimum absolute atomic E-state index is 0.255. The Morgan fingerprint density at radius 3 is 2.90 bits per heavy atom. The second kappa shape index (κ2) is 7.26. The molecule has 0 aliphatic carbocycles. The molecule has 5 nitrogen and oxygen atoms in total. The van der Waals surface area contributed by atoms with Gasteiger partial charge in [0.25, 0.3) is 0 Å². The third-order valence-corrected chi connectivity index (χ3v) is 3.60. The zero-order chi connectivity index (χ0) is 14.4. The number of aromatic carboxylic acids is 1. The normalized spacial score (nSPS) is 17.1. The summed E-state index contributed by atoms with van der Waals surface area (Å²) >= 11 is 0. The summed E-state index contributed by atoms with van der Waals surface area (Å²) in [5.74, 6) is -0.324. The summed E-state index contributed by atoms with van der Waals surface area (Å²) in [7, 11) is 2.15. The Balaban J connectivity index is 1.68. The van der Waals surface area contributed by atoms with E-state index in [0.29, 0.717) is 18.4 Å². The van der Waals surface area contributed by atoms with Crippen LogP contribution in [0.3, 0.4) is 0 Å². The Labute approximate surface area is 119 Å². The van der Waals surface area contributed by atoms with Crippen LogP contribution in [-0.4, -0.2) is 55.3 Å². The minimum Gasteiger partial charge on any atom is -0.492 e. The fourth-order valence-corrected chi connectivity index (χ4v) is 2.36. The monoisotopic (exact) mass is 278 g/mol. The van der Waals surface area contributed by atoms with Gasteiger partial charge in [-0.15, -0.1) is 0 Å². The van der Waals surface area contributed by atoms with Crippen LogP contribution >= 0.6 is 0 Å². The van der Waals surface area contributed by atoms with E-state index in [-0.39, 0.29) is 5.56 Å². The largest absolute Gasteiger partial charge is 0.492 e. The first-order chi connectivity index (χ1) is 9.65. The number of carbonyl (C=O) groups is 1. The van der Waals surface area contributed by atoms with E-state index in [1.165, 1.54) is 12.8 Å². The van der Waals surface area contributed by atoms with Gasteiger partial charge in [0.15, 0.2) is 0 Å². The van der Waals surface area contributed by atoms with E-state index >= 15 is 0 Å². The van der Waals surface area contributed by atoms with E-state index in [1.807, 2.05) is 0 Å². The van der Waals surface area contributed by atoms with Crippen LogP contribution in [-0.2, 0) is 0 Å². The highest BCUT2D eigenvalue weighted by atomic mass is 16.5. The second-order valence-electron chi connectivity index (χ2n) is 5.21. The molecule has 110 valence electrons. The van der Waals surface area contributed by atoms with Crippen molar-refractivity contribution >= 4 is 5.97 Å². The molecule has 5 heteroatoms. The predicted octanol–water partition coefficient (Wildman–Crippen LogP) is 1.45. The maximum Gasteiger partial charge on any atom is 0.335 e. The number of rotatable bonds is 6. The number of carboxylic acid groups (broad SMARTS) is 1. The van der Waals surface area contributed by atoms with E-state index in [0.717, 1.165) is 19.6 Å². The molecule has 2 rings (SSSR count). The molecule has 0 radical (unpaired) electrons. The smallest absolute Gasteiger partial charge is 0.335 e. The first kappa shape index (κ1) is 14.8. The molecule has 2 N–H and O–H groups in total. The number of piperidine rings is 1. The number of ether oxygens (including phenoxy) is 1. The summed E-state index contributed by atoms with van der Waals surface area (Å²) in [6.07, 6.45) is 2.34. The highest BCUT2D eigenvalue weighted by Crippen LogP contribution is 2.13. The number of benzene rings is 1. The Bertz CT molecular complexity index is 442. The standard InChI is InChI=1S/C15H22N2O3/c1-17-8-5-13(6-9-17)16-7-10-20-14-4-2-3-12(11-14)15(18)19/h2-4,11,13,16H,5-10H2,1H3,(H,18,19). The lowest BCUT2D eigenvalue weighted by Crippen LogP contribution is -2.42. The van der Waals surface area contributed by atoms with Gasteiger partial charge in [0.2, 0.25) is 0 Å². The van der Waals surface area contributed by atoms with Crippen molar-refractivity contribution in [3.63, 3.8) is 0 Å². The van der Waals surface area contributed by atoms with Gasteiger partial charge >= 0.3 is 5.97 Å². The summed E-state index contributed by atoms with van der Waals surface area (Å²) in [6.45, 7) is 3.61. The van der Waals surface area contributed by atoms with Crippen LogP contribution in [0.15, 0.2) is 24.3 Å². The molecular weight excluding hydrogens is 256 g/mol. The fourth-order valence-electron chi connectivity index (χ4n) is 2.36. The summed E-state index contributed by atoms with van der Waals surface area (Å²) in [6, 6.07) is 7.16. The molecule has 1 saturated heterocycles. The Morgan fingerprint density at radius 2 is 2.20 bits per heavy atom. The van der Waals surface area contributed by atoms with Gasteiger partial charge in [-0.05, 0) is 51.2 Å². The van der Waals surface area contributed by atoms with Gasteiger partial charge in [0, 0.05) is 12.6 Å². The first-order valence-electron chi connectivity index (χ1n) is 7.03. The minimum atomic E-state index is -0.931. The lowest BCUT2D eigenvalue weighted by atomic mass is 10.1. The van der Waals surface area contributed by atoms with Gasteiger partial charge in [-0.25, -0.2) is 4.79 Å². The zero-order valence-electron chi connectivity index (χ0n) is 11.8. The number of carboxylic acids is 1. The summed E-state index contributed by atoms with van der Waals surface area (Å²) in [5, 5.41) is 12.4. The molecule has 0 amide bonds. The van der Waals surface area contributed by atoms with Gasteiger partial charge in [0.05, 0.1) is 5.56 Å². The van der Waals surface area contributed by atoms with E-state index in [2.05, 4.69) is 17.3 Å². The number of hydrogen-bond donors (Lipinski definition) is 2. The van der Waals surface area contributed by atoms with Gasteiger partial charge in [-0.1, -0.05) is 6.07 Å². The number of nitrogens with zero attached hydrogens (tertiary/aromatic N) is 1. The molecule has 0 saturated carbocycles. The molecule has 1 aromatic rings. The molecule has 1 aliphatic rings. The lowest BCUT2D eigenvalue weighted by Gasteiger charge is -2.29. The van der Waals surface area contributed by atoms with Crippen molar-refractivity contribution in [2.75, 3.05) is 33.3 Å². The lowest BCUT2D eigenvalue weighted by molar-refractivity contribution is 0.0696. The Morgan fingerprint density at radius 1 is 1.45 bits per heavy atom. The van der Waals surface area contributed by atoms with E-state index in [4.69, 9.17) is 9.84 Å². The van der Waals surface area contributed by atoms with E-state index in [1.54, 1.807) is 24.3 Å². The maximum absolute atomic E-state index is 10.8. The van der Waals surface area contributed by atoms with Crippen LogP contribution in [0.25, 0.3) is 0 Å². The summed E-state index contributed by atoms with van der Waals surface area (Å²) in [4.78, 5) is 13.2. The highest BCUT2D eigenvalue weighted by Gasteiger charge is 2.15. The van der Waals surface area contributed by atoms with Crippen LogP contribution in [0.1, 0.15) is 23.2 Å². The van der Waals surface area contributed by atoms with Crippen molar-refractivity contribution in [1.82, 2.24) is 10.2 Å². The quantitative estimate of drug-likeness (QED) is 0.771. The summed E-state index contributed by atoms with van der Waals surface area (Å²) in [5.41, 5.74) is 0.255. The van der Waals surface area contributed by atoms with Crippen LogP contribution < -0.4 is 10.1 Å². The van der Waals surface area contributed by atoms with Crippen molar-refractivity contribution in [1.29, 1.82) is 0 Å². The average Bonchev–Trinajstić information content (AvgIpc) is 2.46. The van der Waals surface area contributed by atoms with Crippen molar-refractivity contribution in [3.05, 3.63) is 29.8 Å². The van der Waals surface area contributed by atoms with Crippen LogP contribution in [0.4, 0.5) is 0 Å². The molecule has 0 bridgehead atoms. The Kier molecular flexibility index (Phi) is 5.38. The Hall–Kier alpha value is -1.59. The summed E-state index contributed by atoms with van der Waals surface area (Å²) < 4.78 is 5.57. The van der Waals surface area contributed by atoms with Gasteiger partial charge in [0.1, 0.15) is 12.4 Å². The van der Waals surface area contributed by atoms with Gasteiger partial charge in [-0.2, -0.15) is 0 Å². The highest BCUT2D eigenvalue weighted by molar-refractivity contribution is 5.87. The SMILES string of the molecule is CN1CCC(NCCOc2cccc(C(=O)O)c2)CC1. The molecule has 1 heterocycles. The second-order valence-corrected chi connectivity index (χ2v) is 5.21. The molecule has 20 heavy (non-hydrogen) atoms. The maximum atomic E-state index is 10.8. The number of nitrogens with one attached hydrogen (secondary N) is 1. The third-order valence-electron chi connectivity index (χ3n) is 3.60. The predicted molar refractivity (Wildman–Crippen MR) is 77.4 cm³/mol. The fraction of sp³-hybridized carbons (Fsp3) is 0.533. The van der Waals surface area contributed by atoms with Crippen LogP contribution in [0.5, 0.6) is 5.75 Å². The third kappa shape index (κ3) is 4.51. The topological polar surface area (TPSA) is 61.8 Å². The molecule has 0 atom stereocenters. The average molecular weight is 278 g/mol. The molecule has 0 unspecified atom stereocenters. The molecule has 0 spiro atoms. The molecule has 1 fully saturated rings. The van der Waals surface area contributed by atoms with E-state index in [9.17, 15) is 4.79 Å². The number of likely N-dealkylation sites (tertiary alicyclic amines) is 1. The molecule has 0 aromatic heterocycles. The van der Waals surface area contributed by atoms with Crippen molar-refractivity contribution in [3.8, 4) is 5.75 Å². The molecule has 1 aliphatic heterocycles. The van der Waals surface area contributed by atoms with Crippen molar-refractivity contribution in [2.24, 2.45) is 0 Å². The van der Waals surface area contributed by atoms with Crippen molar-refractivity contribution < 1.29 is 14.6 Å². The molecular formula is C15H22N2O3. The molecule has 1 aromatic carbocycles. The van der Waals surface area contributed by atoms with E-state index < -0.39 is 5.97 Å². The van der Waals surface area contributed by atoms with Gasteiger partial charge in [-0.3, -0.25) is 0 Å². The number of hydrogen-bond acceptors (Lipinski definition) is 4. The van der Waals surface area contributed by atoms with Crippen molar-refractivity contribution in [2.45, 2.75) is 18.9 Å².